The molecule has 0 bridgehead atoms. The Morgan fingerprint density at radius 1 is 1.56 bits per heavy atom. The predicted octanol–water partition coefficient (Wildman–Crippen LogP) is 4.37. The summed E-state index contributed by atoms with van der Waals surface area (Å²) < 4.78 is 5.45. The van der Waals surface area contributed by atoms with E-state index in [0.717, 1.165) is 18.6 Å². The van der Waals surface area contributed by atoms with E-state index in [0.29, 0.717) is 11.8 Å². The maximum absolute atomic E-state index is 5.45. The third-order valence-corrected chi connectivity index (χ3v) is 3.55. The topological polar surface area (TPSA) is 13.1 Å². The molecule has 0 fully saturated rings. The molecule has 0 radical (unpaired) electrons. The van der Waals surface area contributed by atoms with Gasteiger partial charge in [-0.15, -0.1) is 0 Å². The van der Waals surface area contributed by atoms with Gasteiger partial charge in [0.15, 0.2) is 0 Å². The molecular formula is C15H20O. The number of hydrogen-bond acceptors (Lipinski definition) is 1. The van der Waals surface area contributed by atoms with E-state index in [2.05, 4.69) is 32.6 Å². The molecule has 0 saturated heterocycles. The molecule has 1 aliphatic rings. The van der Waals surface area contributed by atoms with Crippen molar-refractivity contribution in [3.8, 4) is 0 Å². The molecular weight excluding hydrogens is 196 g/mol. The van der Waals surface area contributed by atoms with Gasteiger partial charge in [0, 0.05) is 6.42 Å². The van der Waals surface area contributed by atoms with Gasteiger partial charge in [-0.1, -0.05) is 23.8 Å². The van der Waals surface area contributed by atoms with Crippen LogP contribution in [0.4, 0.5) is 0 Å². The summed E-state index contributed by atoms with van der Waals surface area (Å²) in [5, 5.41) is 0. The summed E-state index contributed by atoms with van der Waals surface area (Å²) in [7, 11) is 0. The minimum Gasteiger partial charge on any atom is -0.469 e. The lowest BCUT2D eigenvalue weighted by Gasteiger charge is -2.30. The summed E-state index contributed by atoms with van der Waals surface area (Å²) in [6.07, 6.45) is 7.48. The molecule has 0 amide bonds. The molecule has 1 aromatic rings. The standard InChI is InChI=1S/C15H20O/c1-11(2)15-7-6-12(3)9-13(15)10-14-5-4-8-16-14/h4-6,8,13,15H,1,7,9-10H2,2-3H3/t13-,15-/m0/s1. The van der Waals surface area contributed by atoms with Crippen LogP contribution in [0.5, 0.6) is 0 Å². The number of hydrogen-bond donors (Lipinski definition) is 0. The molecule has 0 N–H and O–H groups in total. The quantitative estimate of drug-likeness (QED) is 0.684. The van der Waals surface area contributed by atoms with Gasteiger partial charge >= 0.3 is 0 Å². The summed E-state index contributed by atoms with van der Waals surface area (Å²) in [5.41, 5.74) is 2.81. The van der Waals surface area contributed by atoms with Gasteiger partial charge in [-0.3, -0.25) is 0 Å². The molecule has 2 atom stereocenters. The Balaban J connectivity index is 2.11. The van der Waals surface area contributed by atoms with E-state index in [4.69, 9.17) is 4.42 Å². The average molecular weight is 216 g/mol. The van der Waals surface area contributed by atoms with E-state index in [1.165, 1.54) is 17.6 Å². The summed E-state index contributed by atoms with van der Waals surface area (Å²) in [5.74, 6) is 2.38. The van der Waals surface area contributed by atoms with E-state index < -0.39 is 0 Å². The van der Waals surface area contributed by atoms with Crippen molar-refractivity contribution in [3.63, 3.8) is 0 Å². The Bertz CT molecular complexity index is 384. The molecule has 16 heavy (non-hydrogen) atoms. The minimum atomic E-state index is 0.619. The van der Waals surface area contributed by atoms with E-state index in [-0.39, 0.29) is 0 Å². The van der Waals surface area contributed by atoms with Crippen LogP contribution in [0.1, 0.15) is 32.4 Å². The van der Waals surface area contributed by atoms with Crippen molar-refractivity contribution < 1.29 is 4.42 Å². The maximum atomic E-state index is 5.45. The second-order valence-corrected chi connectivity index (χ2v) is 4.99. The summed E-state index contributed by atoms with van der Waals surface area (Å²) in [6, 6.07) is 4.04. The third-order valence-electron chi connectivity index (χ3n) is 3.55. The molecule has 1 aromatic heterocycles. The fourth-order valence-electron chi connectivity index (χ4n) is 2.66. The highest BCUT2D eigenvalue weighted by Crippen LogP contribution is 2.35. The second-order valence-electron chi connectivity index (χ2n) is 4.99. The number of allylic oxidation sites excluding steroid dienone is 3. The highest BCUT2D eigenvalue weighted by atomic mass is 16.3. The zero-order chi connectivity index (χ0) is 11.5. The lowest BCUT2D eigenvalue weighted by Crippen LogP contribution is -2.21. The van der Waals surface area contributed by atoms with Gasteiger partial charge in [0.25, 0.3) is 0 Å². The van der Waals surface area contributed by atoms with Crippen LogP contribution in [0.15, 0.2) is 46.6 Å². The largest absolute Gasteiger partial charge is 0.469 e. The summed E-state index contributed by atoms with van der Waals surface area (Å²) in [4.78, 5) is 0. The van der Waals surface area contributed by atoms with E-state index in [9.17, 15) is 0 Å². The fourth-order valence-corrected chi connectivity index (χ4v) is 2.66. The smallest absolute Gasteiger partial charge is 0.104 e. The van der Waals surface area contributed by atoms with Crippen molar-refractivity contribution in [1.29, 1.82) is 0 Å². The first-order valence-electron chi connectivity index (χ1n) is 6.00. The lowest BCUT2D eigenvalue weighted by molar-refractivity contribution is 0.332. The first-order valence-corrected chi connectivity index (χ1v) is 6.00. The van der Waals surface area contributed by atoms with Gasteiger partial charge in [-0.05, 0) is 50.7 Å². The molecule has 1 heteroatoms. The van der Waals surface area contributed by atoms with Gasteiger partial charge in [0.05, 0.1) is 6.26 Å². The molecule has 2 rings (SSSR count). The van der Waals surface area contributed by atoms with Crippen molar-refractivity contribution in [2.24, 2.45) is 11.8 Å². The van der Waals surface area contributed by atoms with Crippen LogP contribution in [0.3, 0.4) is 0 Å². The number of furan rings is 1. The van der Waals surface area contributed by atoms with Crippen molar-refractivity contribution in [2.75, 3.05) is 0 Å². The average Bonchev–Trinajstić information content (AvgIpc) is 2.70. The molecule has 0 aromatic carbocycles. The molecule has 0 aliphatic heterocycles. The van der Waals surface area contributed by atoms with E-state index in [1.807, 2.05) is 6.07 Å². The monoisotopic (exact) mass is 216 g/mol. The molecule has 1 nitrogen and oxygen atoms in total. The summed E-state index contributed by atoms with van der Waals surface area (Å²) in [6.45, 7) is 8.50. The van der Waals surface area contributed by atoms with Crippen molar-refractivity contribution in [1.82, 2.24) is 0 Å². The third kappa shape index (κ3) is 2.46. The van der Waals surface area contributed by atoms with Crippen LogP contribution in [0.2, 0.25) is 0 Å². The van der Waals surface area contributed by atoms with Crippen LogP contribution in [-0.4, -0.2) is 0 Å². The zero-order valence-corrected chi connectivity index (χ0v) is 10.2. The van der Waals surface area contributed by atoms with Crippen LogP contribution in [-0.2, 0) is 6.42 Å². The van der Waals surface area contributed by atoms with Gasteiger partial charge < -0.3 is 4.42 Å². The summed E-state index contributed by atoms with van der Waals surface area (Å²) >= 11 is 0. The van der Waals surface area contributed by atoms with E-state index in [1.54, 1.807) is 6.26 Å². The number of rotatable bonds is 3. The van der Waals surface area contributed by atoms with Gasteiger partial charge in [-0.2, -0.15) is 0 Å². The maximum Gasteiger partial charge on any atom is 0.104 e. The molecule has 1 aliphatic carbocycles. The van der Waals surface area contributed by atoms with Gasteiger partial charge in [-0.25, -0.2) is 0 Å². The second kappa shape index (κ2) is 4.73. The van der Waals surface area contributed by atoms with Crippen molar-refractivity contribution >= 4 is 0 Å². The highest BCUT2D eigenvalue weighted by molar-refractivity contribution is 5.15. The van der Waals surface area contributed by atoms with Crippen LogP contribution in [0, 0.1) is 11.8 Å². The molecule has 0 spiro atoms. The predicted molar refractivity (Wildman–Crippen MR) is 67.2 cm³/mol. The Morgan fingerprint density at radius 2 is 2.38 bits per heavy atom. The van der Waals surface area contributed by atoms with E-state index >= 15 is 0 Å². The molecule has 0 saturated carbocycles. The zero-order valence-electron chi connectivity index (χ0n) is 10.2. The van der Waals surface area contributed by atoms with Crippen LogP contribution < -0.4 is 0 Å². The molecule has 1 heterocycles. The first-order chi connectivity index (χ1) is 7.66. The van der Waals surface area contributed by atoms with Crippen molar-refractivity contribution in [2.45, 2.75) is 33.1 Å². The lowest BCUT2D eigenvalue weighted by atomic mass is 9.75. The minimum absolute atomic E-state index is 0.619. The molecule has 86 valence electrons. The van der Waals surface area contributed by atoms with Gasteiger partial charge in [0.1, 0.15) is 5.76 Å². The highest BCUT2D eigenvalue weighted by Gasteiger charge is 2.25. The Kier molecular flexibility index (Phi) is 3.33. The SMILES string of the molecule is C=C(C)[C@@H]1CC=C(C)C[C@H]1Cc1ccco1. The first kappa shape index (κ1) is 11.3. The fraction of sp³-hybridized carbons (Fsp3) is 0.467. The molecule has 0 unspecified atom stereocenters. The van der Waals surface area contributed by atoms with Crippen LogP contribution in [0.25, 0.3) is 0 Å². The Morgan fingerprint density at radius 3 is 3.00 bits per heavy atom. The Hall–Kier alpha value is -1.24. The van der Waals surface area contributed by atoms with Gasteiger partial charge in [0.2, 0.25) is 0 Å². The van der Waals surface area contributed by atoms with Crippen molar-refractivity contribution in [3.05, 3.63) is 48.0 Å². The Labute approximate surface area is 97.9 Å². The normalized spacial score (nSPS) is 25.2. The van der Waals surface area contributed by atoms with Crippen LogP contribution >= 0.6 is 0 Å².